The SMILES string of the molecule is C=CCN(C)CC1CN2CCC1CC2CNC(=O)COC. The summed E-state index contributed by atoms with van der Waals surface area (Å²) >= 11 is 0. The fraction of sp³-hybridized carbons (Fsp3) is 0.812. The first-order valence-electron chi connectivity index (χ1n) is 7.93. The highest BCUT2D eigenvalue weighted by atomic mass is 16.5. The van der Waals surface area contributed by atoms with Gasteiger partial charge in [-0.15, -0.1) is 6.58 Å². The van der Waals surface area contributed by atoms with Crippen molar-refractivity contribution in [2.75, 3.05) is 53.5 Å². The van der Waals surface area contributed by atoms with Crippen LogP contribution in [0.15, 0.2) is 12.7 Å². The Bertz CT molecular complexity index is 361. The average Bonchev–Trinajstić information content (AvgIpc) is 2.46. The number of fused-ring (bicyclic) bond motifs is 3. The smallest absolute Gasteiger partial charge is 0.246 e. The number of piperidine rings is 3. The molecule has 3 saturated heterocycles. The Morgan fingerprint density at radius 2 is 2.38 bits per heavy atom. The molecule has 4 atom stereocenters. The number of ether oxygens (including phenoxy) is 1. The molecular formula is C16H29N3O2. The molecule has 3 rings (SSSR count). The van der Waals surface area contributed by atoms with Gasteiger partial charge in [0.1, 0.15) is 6.61 Å². The van der Waals surface area contributed by atoms with Crippen LogP contribution in [0.25, 0.3) is 0 Å². The largest absolute Gasteiger partial charge is 0.375 e. The van der Waals surface area contributed by atoms with Gasteiger partial charge in [-0.3, -0.25) is 9.69 Å². The summed E-state index contributed by atoms with van der Waals surface area (Å²) in [5.74, 6) is 1.55. The Kier molecular flexibility index (Phi) is 6.21. The summed E-state index contributed by atoms with van der Waals surface area (Å²) in [6.45, 7) is 9.17. The molecule has 0 saturated carbocycles. The number of rotatable bonds is 8. The third kappa shape index (κ3) is 4.53. The maximum Gasteiger partial charge on any atom is 0.246 e. The van der Waals surface area contributed by atoms with Crippen LogP contribution in [0.2, 0.25) is 0 Å². The molecule has 4 unspecified atom stereocenters. The molecule has 0 aliphatic carbocycles. The molecule has 0 aromatic carbocycles. The third-order valence-corrected chi connectivity index (χ3v) is 4.81. The van der Waals surface area contributed by atoms with Crippen molar-refractivity contribution in [1.29, 1.82) is 0 Å². The zero-order chi connectivity index (χ0) is 15.2. The van der Waals surface area contributed by atoms with E-state index in [-0.39, 0.29) is 12.5 Å². The summed E-state index contributed by atoms with van der Waals surface area (Å²) in [7, 11) is 3.72. The van der Waals surface area contributed by atoms with E-state index in [0.717, 1.165) is 38.0 Å². The number of hydrogen-bond acceptors (Lipinski definition) is 4. The highest BCUT2D eigenvalue weighted by Crippen LogP contribution is 2.36. The molecule has 3 aliphatic heterocycles. The quantitative estimate of drug-likeness (QED) is 0.665. The summed E-state index contributed by atoms with van der Waals surface area (Å²) in [5.41, 5.74) is 0. The number of likely N-dealkylation sites (N-methyl/N-ethyl adjacent to an activating group) is 1. The van der Waals surface area contributed by atoms with Crippen molar-refractivity contribution in [2.45, 2.75) is 18.9 Å². The van der Waals surface area contributed by atoms with Crippen LogP contribution in [-0.4, -0.2) is 75.2 Å². The minimum atomic E-state index is -0.0117. The lowest BCUT2D eigenvalue weighted by Crippen LogP contribution is -2.58. The maximum absolute atomic E-state index is 11.5. The van der Waals surface area contributed by atoms with Gasteiger partial charge in [-0.1, -0.05) is 6.08 Å². The second kappa shape index (κ2) is 7.92. The third-order valence-electron chi connectivity index (χ3n) is 4.81. The summed E-state index contributed by atoms with van der Waals surface area (Å²) in [4.78, 5) is 16.4. The predicted molar refractivity (Wildman–Crippen MR) is 84.2 cm³/mol. The van der Waals surface area contributed by atoms with Crippen molar-refractivity contribution in [2.24, 2.45) is 11.8 Å². The number of hydrogen-bond donors (Lipinski definition) is 1. The maximum atomic E-state index is 11.5. The first-order chi connectivity index (χ1) is 10.1. The molecule has 21 heavy (non-hydrogen) atoms. The first kappa shape index (κ1) is 16.5. The number of methoxy groups -OCH3 is 1. The lowest BCUT2D eigenvalue weighted by molar-refractivity contribution is -0.125. The summed E-state index contributed by atoms with van der Waals surface area (Å²) < 4.78 is 4.85. The molecule has 5 nitrogen and oxygen atoms in total. The van der Waals surface area contributed by atoms with E-state index in [1.807, 2.05) is 6.08 Å². The van der Waals surface area contributed by atoms with Crippen molar-refractivity contribution in [3.05, 3.63) is 12.7 Å². The monoisotopic (exact) mass is 295 g/mol. The van der Waals surface area contributed by atoms with Crippen LogP contribution in [-0.2, 0) is 9.53 Å². The Hall–Kier alpha value is -0.910. The van der Waals surface area contributed by atoms with Crippen LogP contribution < -0.4 is 5.32 Å². The zero-order valence-electron chi connectivity index (χ0n) is 13.4. The van der Waals surface area contributed by atoms with Crippen molar-refractivity contribution >= 4 is 5.91 Å². The lowest BCUT2D eigenvalue weighted by Gasteiger charge is -2.50. The normalized spacial score (nSPS) is 31.4. The van der Waals surface area contributed by atoms with E-state index in [4.69, 9.17) is 4.74 Å². The molecule has 5 heteroatoms. The Labute approximate surface area is 128 Å². The van der Waals surface area contributed by atoms with Crippen LogP contribution in [0, 0.1) is 11.8 Å². The van der Waals surface area contributed by atoms with Gasteiger partial charge in [0, 0.05) is 39.3 Å². The molecule has 1 N–H and O–H groups in total. The Morgan fingerprint density at radius 3 is 3.00 bits per heavy atom. The number of nitrogens with zero attached hydrogens (tertiary/aromatic N) is 2. The van der Waals surface area contributed by atoms with Gasteiger partial charge in [-0.2, -0.15) is 0 Å². The van der Waals surface area contributed by atoms with Gasteiger partial charge in [0.15, 0.2) is 0 Å². The highest BCUT2D eigenvalue weighted by Gasteiger charge is 2.40. The van der Waals surface area contributed by atoms with Gasteiger partial charge in [0.05, 0.1) is 0 Å². The van der Waals surface area contributed by atoms with Crippen molar-refractivity contribution in [3.63, 3.8) is 0 Å². The Balaban J connectivity index is 1.78. The summed E-state index contributed by atoms with van der Waals surface area (Å²) in [5, 5.41) is 2.98. The van der Waals surface area contributed by atoms with Crippen molar-refractivity contribution < 1.29 is 9.53 Å². The first-order valence-corrected chi connectivity index (χ1v) is 7.93. The average molecular weight is 295 g/mol. The molecule has 1 amide bonds. The Morgan fingerprint density at radius 1 is 1.57 bits per heavy atom. The zero-order valence-corrected chi connectivity index (χ0v) is 13.4. The fourth-order valence-electron chi connectivity index (χ4n) is 3.78. The van der Waals surface area contributed by atoms with Crippen LogP contribution in [0.1, 0.15) is 12.8 Å². The molecule has 3 fully saturated rings. The molecule has 120 valence electrons. The molecule has 0 aromatic heterocycles. The minimum Gasteiger partial charge on any atom is -0.375 e. The minimum absolute atomic E-state index is 0.0117. The molecule has 0 radical (unpaired) electrons. The molecule has 0 spiro atoms. The van der Waals surface area contributed by atoms with E-state index in [0.29, 0.717) is 6.04 Å². The van der Waals surface area contributed by atoms with E-state index >= 15 is 0 Å². The summed E-state index contributed by atoms with van der Waals surface area (Å²) in [6.07, 6.45) is 4.48. The van der Waals surface area contributed by atoms with Crippen LogP contribution >= 0.6 is 0 Å². The van der Waals surface area contributed by atoms with Crippen LogP contribution in [0.4, 0.5) is 0 Å². The predicted octanol–water partition coefficient (Wildman–Crippen LogP) is 0.577. The number of carbonyl (C=O) groups is 1. The molecule has 3 aliphatic rings. The van der Waals surface area contributed by atoms with E-state index in [1.54, 1.807) is 7.11 Å². The van der Waals surface area contributed by atoms with Crippen molar-refractivity contribution in [3.8, 4) is 0 Å². The van der Waals surface area contributed by atoms with E-state index in [2.05, 4.69) is 28.7 Å². The highest BCUT2D eigenvalue weighted by molar-refractivity contribution is 5.77. The van der Waals surface area contributed by atoms with E-state index < -0.39 is 0 Å². The second-order valence-electron chi connectivity index (χ2n) is 6.44. The van der Waals surface area contributed by atoms with Gasteiger partial charge in [-0.25, -0.2) is 0 Å². The van der Waals surface area contributed by atoms with E-state index in [1.165, 1.54) is 19.4 Å². The topological polar surface area (TPSA) is 44.8 Å². The lowest BCUT2D eigenvalue weighted by atomic mass is 9.75. The van der Waals surface area contributed by atoms with E-state index in [9.17, 15) is 4.79 Å². The van der Waals surface area contributed by atoms with Gasteiger partial charge in [0.25, 0.3) is 0 Å². The molecular weight excluding hydrogens is 266 g/mol. The number of amides is 1. The molecule has 2 bridgehead atoms. The number of nitrogens with one attached hydrogen (secondary N) is 1. The van der Waals surface area contributed by atoms with Gasteiger partial charge < -0.3 is 15.0 Å². The van der Waals surface area contributed by atoms with Gasteiger partial charge in [-0.05, 0) is 38.3 Å². The van der Waals surface area contributed by atoms with Gasteiger partial charge >= 0.3 is 0 Å². The number of carbonyl (C=O) groups excluding carboxylic acids is 1. The standard InChI is InChI=1S/C16H29N3O2/c1-4-6-18(2)10-14-11-19-7-5-13(14)8-15(19)9-17-16(20)12-21-3/h4,13-15H,1,5-12H2,2-3H3,(H,17,20). The van der Waals surface area contributed by atoms with Gasteiger partial charge in [0.2, 0.25) is 5.91 Å². The molecule has 0 aromatic rings. The fourth-order valence-corrected chi connectivity index (χ4v) is 3.78. The van der Waals surface area contributed by atoms with Crippen LogP contribution in [0.3, 0.4) is 0 Å². The van der Waals surface area contributed by atoms with Crippen molar-refractivity contribution in [1.82, 2.24) is 15.1 Å². The molecule has 3 heterocycles. The second-order valence-corrected chi connectivity index (χ2v) is 6.44. The summed E-state index contributed by atoms with van der Waals surface area (Å²) in [6, 6.07) is 0.505. The van der Waals surface area contributed by atoms with Crippen LogP contribution in [0.5, 0.6) is 0 Å².